The van der Waals surface area contributed by atoms with Crippen molar-refractivity contribution in [1.29, 1.82) is 0 Å². The highest BCUT2D eigenvalue weighted by molar-refractivity contribution is 9.10. The molecule has 0 aliphatic carbocycles. The number of aryl methyl sites for hydroxylation is 2. The highest BCUT2D eigenvalue weighted by Crippen LogP contribution is 2.28. The van der Waals surface area contributed by atoms with E-state index in [2.05, 4.69) is 26.0 Å². The van der Waals surface area contributed by atoms with Gasteiger partial charge in [-0.2, -0.15) is 5.10 Å². The summed E-state index contributed by atoms with van der Waals surface area (Å²) in [7, 11) is 1.88. The average molecular weight is 287 g/mol. The summed E-state index contributed by atoms with van der Waals surface area (Å²) >= 11 is 5.06. The van der Waals surface area contributed by atoms with Crippen molar-refractivity contribution in [1.82, 2.24) is 14.8 Å². The Hall–Kier alpha value is -0.720. The topological polar surface area (TPSA) is 56.7 Å². The minimum atomic E-state index is -0.168. The number of hydrogen-bond donors (Lipinski definition) is 1. The average Bonchev–Trinajstić information content (AvgIpc) is 2.73. The van der Waals surface area contributed by atoms with Crippen LogP contribution < -0.4 is 5.73 Å². The second kappa shape index (κ2) is 4.03. The Morgan fingerprint density at radius 3 is 2.73 bits per heavy atom. The quantitative estimate of drug-likeness (QED) is 0.919. The summed E-state index contributed by atoms with van der Waals surface area (Å²) in [5.41, 5.74) is 7.13. The van der Waals surface area contributed by atoms with E-state index in [0.29, 0.717) is 0 Å². The molecule has 0 amide bonds. The predicted octanol–water partition coefficient (Wildman–Crippen LogP) is 2.00. The lowest BCUT2D eigenvalue weighted by Crippen LogP contribution is -2.15. The largest absolute Gasteiger partial charge is 0.318 e. The second-order valence-electron chi connectivity index (χ2n) is 3.26. The van der Waals surface area contributed by atoms with Crippen LogP contribution in [0.2, 0.25) is 0 Å². The molecule has 2 aromatic heterocycles. The van der Waals surface area contributed by atoms with E-state index in [0.717, 1.165) is 20.1 Å². The molecule has 0 bridgehead atoms. The minimum absolute atomic E-state index is 0.168. The maximum absolute atomic E-state index is 6.16. The van der Waals surface area contributed by atoms with E-state index in [1.165, 1.54) is 0 Å². The Kier molecular flexibility index (Phi) is 2.90. The summed E-state index contributed by atoms with van der Waals surface area (Å²) < 4.78 is 2.72. The third kappa shape index (κ3) is 1.97. The SMILES string of the molecule is Cc1ncc(C(N)c2c(Br)cnn2C)s1. The first-order chi connectivity index (χ1) is 7.09. The first kappa shape index (κ1) is 10.8. The Morgan fingerprint density at radius 2 is 2.27 bits per heavy atom. The Bertz CT molecular complexity index is 457. The van der Waals surface area contributed by atoms with Gasteiger partial charge in [-0.3, -0.25) is 4.68 Å². The smallest absolute Gasteiger partial charge is 0.0897 e. The predicted molar refractivity (Wildman–Crippen MR) is 63.8 cm³/mol. The van der Waals surface area contributed by atoms with Crippen molar-refractivity contribution < 1.29 is 0 Å². The van der Waals surface area contributed by atoms with E-state index in [-0.39, 0.29) is 6.04 Å². The number of thiazole rings is 1. The zero-order valence-electron chi connectivity index (χ0n) is 8.44. The molecule has 6 heteroatoms. The molecule has 2 N–H and O–H groups in total. The van der Waals surface area contributed by atoms with Crippen molar-refractivity contribution in [3.05, 3.63) is 32.4 Å². The van der Waals surface area contributed by atoms with E-state index in [4.69, 9.17) is 5.73 Å². The third-order valence-electron chi connectivity index (χ3n) is 2.18. The second-order valence-corrected chi connectivity index (χ2v) is 5.38. The van der Waals surface area contributed by atoms with E-state index < -0.39 is 0 Å². The third-order valence-corrected chi connectivity index (χ3v) is 3.78. The van der Waals surface area contributed by atoms with E-state index in [1.54, 1.807) is 22.2 Å². The standard InChI is InChI=1S/C9H11BrN4S/c1-5-12-4-7(15-5)8(11)9-6(10)3-13-14(9)2/h3-4,8H,11H2,1-2H3. The fourth-order valence-electron chi connectivity index (χ4n) is 1.43. The Balaban J connectivity index is 2.40. The summed E-state index contributed by atoms with van der Waals surface area (Å²) in [6.07, 6.45) is 3.58. The maximum Gasteiger partial charge on any atom is 0.0897 e. The lowest BCUT2D eigenvalue weighted by molar-refractivity contribution is 0.675. The monoisotopic (exact) mass is 286 g/mol. The van der Waals surface area contributed by atoms with Gasteiger partial charge in [0.05, 0.1) is 27.4 Å². The van der Waals surface area contributed by atoms with Crippen molar-refractivity contribution in [3.63, 3.8) is 0 Å². The fourth-order valence-corrected chi connectivity index (χ4v) is 2.81. The molecular formula is C9H11BrN4S. The highest BCUT2D eigenvalue weighted by atomic mass is 79.9. The van der Waals surface area contributed by atoms with Gasteiger partial charge < -0.3 is 5.73 Å². The number of hydrogen-bond acceptors (Lipinski definition) is 4. The van der Waals surface area contributed by atoms with Crippen molar-refractivity contribution >= 4 is 27.3 Å². The van der Waals surface area contributed by atoms with Crippen LogP contribution in [0.5, 0.6) is 0 Å². The van der Waals surface area contributed by atoms with Crippen LogP contribution in [0.3, 0.4) is 0 Å². The van der Waals surface area contributed by atoms with E-state index in [1.807, 2.05) is 20.2 Å². The van der Waals surface area contributed by atoms with Gasteiger partial charge in [-0.05, 0) is 22.9 Å². The van der Waals surface area contributed by atoms with Gasteiger partial charge in [-0.15, -0.1) is 11.3 Å². The molecule has 0 saturated carbocycles. The first-order valence-corrected chi connectivity index (χ1v) is 6.06. The zero-order valence-corrected chi connectivity index (χ0v) is 10.8. The molecular weight excluding hydrogens is 276 g/mol. The van der Waals surface area contributed by atoms with Crippen LogP contribution in [-0.4, -0.2) is 14.8 Å². The summed E-state index contributed by atoms with van der Waals surface area (Å²) in [6, 6.07) is -0.168. The Morgan fingerprint density at radius 1 is 1.53 bits per heavy atom. The lowest BCUT2D eigenvalue weighted by Gasteiger charge is -2.10. The van der Waals surface area contributed by atoms with Crippen LogP contribution in [-0.2, 0) is 7.05 Å². The fraction of sp³-hybridized carbons (Fsp3) is 0.333. The Labute approximate surface area is 100 Å². The van der Waals surface area contributed by atoms with Crippen LogP contribution in [0.1, 0.15) is 21.6 Å². The first-order valence-electron chi connectivity index (χ1n) is 4.45. The maximum atomic E-state index is 6.16. The molecule has 2 aromatic rings. The molecule has 1 atom stereocenters. The van der Waals surface area contributed by atoms with Crippen LogP contribution in [0, 0.1) is 6.92 Å². The molecule has 0 radical (unpaired) electrons. The van der Waals surface area contributed by atoms with Gasteiger partial charge >= 0.3 is 0 Å². The molecule has 15 heavy (non-hydrogen) atoms. The summed E-state index contributed by atoms with van der Waals surface area (Å²) in [5.74, 6) is 0. The molecule has 0 aliphatic rings. The number of nitrogens with zero attached hydrogens (tertiary/aromatic N) is 3. The van der Waals surface area contributed by atoms with Gasteiger partial charge in [0.2, 0.25) is 0 Å². The molecule has 2 heterocycles. The van der Waals surface area contributed by atoms with Gasteiger partial charge in [0.1, 0.15) is 0 Å². The van der Waals surface area contributed by atoms with Gasteiger partial charge in [0, 0.05) is 18.1 Å². The van der Waals surface area contributed by atoms with E-state index >= 15 is 0 Å². The molecule has 0 fully saturated rings. The van der Waals surface area contributed by atoms with Crippen LogP contribution in [0.15, 0.2) is 16.9 Å². The normalized spacial score (nSPS) is 13.1. The molecule has 1 unspecified atom stereocenters. The molecule has 4 nitrogen and oxygen atoms in total. The van der Waals surface area contributed by atoms with Gasteiger partial charge in [-0.25, -0.2) is 4.98 Å². The molecule has 0 aliphatic heterocycles. The summed E-state index contributed by atoms with van der Waals surface area (Å²) in [5, 5.41) is 5.17. The van der Waals surface area contributed by atoms with E-state index in [9.17, 15) is 0 Å². The molecule has 0 aromatic carbocycles. The molecule has 80 valence electrons. The van der Waals surface area contributed by atoms with Crippen LogP contribution in [0.4, 0.5) is 0 Å². The van der Waals surface area contributed by atoms with Crippen molar-refractivity contribution in [3.8, 4) is 0 Å². The van der Waals surface area contributed by atoms with Crippen molar-refractivity contribution in [2.45, 2.75) is 13.0 Å². The van der Waals surface area contributed by atoms with Crippen molar-refractivity contribution in [2.75, 3.05) is 0 Å². The highest BCUT2D eigenvalue weighted by Gasteiger charge is 2.18. The van der Waals surface area contributed by atoms with Crippen molar-refractivity contribution in [2.24, 2.45) is 12.8 Å². The van der Waals surface area contributed by atoms with Gasteiger partial charge in [0.25, 0.3) is 0 Å². The van der Waals surface area contributed by atoms with Crippen LogP contribution >= 0.6 is 27.3 Å². The molecule has 0 spiro atoms. The number of rotatable bonds is 2. The summed E-state index contributed by atoms with van der Waals surface area (Å²) in [4.78, 5) is 5.25. The van der Waals surface area contributed by atoms with Gasteiger partial charge in [0.15, 0.2) is 0 Å². The zero-order chi connectivity index (χ0) is 11.0. The van der Waals surface area contributed by atoms with Crippen LogP contribution in [0.25, 0.3) is 0 Å². The summed E-state index contributed by atoms with van der Waals surface area (Å²) in [6.45, 7) is 1.97. The number of aromatic nitrogens is 3. The van der Waals surface area contributed by atoms with Gasteiger partial charge in [-0.1, -0.05) is 0 Å². The number of nitrogens with two attached hydrogens (primary N) is 1. The lowest BCUT2D eigenvalue weighted by atomic mass is 10.2. The number of halogens is 1. The molecule has 0 saturated heterocycles. The molecule has 2 rings (SSSR count). The minimum Gasteiger partial charge on any atom is -0.318 e.